The molecule has 2 aliphatic rings. The summed E-state index contributed by atoms with van der Waals surface area (Å²) in [5, 5.41) is 0. The zero-order valence-corrected chi connectivity index (χ0v) is 10.4. The molecule has 2 unspecified atom stereocenters. The van der Waals surface area contributed by atoms with Gasteiger partial charge in [-0.3, -0.25) is 9.59 Å². The molecule has 5 heteroatoms. The molecule has 17 heavy (non-hydrogen) atoms. The summed E-state index contributed by atoms with van der Waals surface area (Å²) < 4.78 is 5.87. The maximum atomic E-state index is 11.6. The van der Waals surface area contributed by atoms with Crippen molar-refractivity contribution in [3.63, 3.8) is 0 Å². The van der Waals surface area contributed by atoms with Crippen LogP contribution in [0.1, 0.15) is 27.7 Å². The lowest BCUT2D eigenvalue weighted by Crippen LogP contribution is -2.37. The number of amides is 2. The van der Waals surface area contributed by atoms with Crippen LogP contribution < -0.4 is 11.5 Å². The summed E-state index contributed by atoms with van der Waals surface area (Å²) in [5.41, 5.74) is 11.1. The molecule has 0 aromatic heterocycles. The summed E-state index contributed by atoms with van der Waals surface area (Å²) in [4.78, 5) is 23.1. The Labute approximate surface area is 99.5 Å². The fourth-order valence-corrected chi connectivity index (χ4v) is 2.95. The number of carbonyl (C=O) groups excluding carboxylic acids is 2. The number of carbonyl (C=O) groups is 2. The van der Waals surface area contributed by atoms with Gasteiger partial charge in [0.2, 0.25) is 11.8 Å². The molecule has 2 rings (SSSR count). The van der Waals surface area contributed by atoms with Gasteiger partial charge in [-0.2, -0.15) is 0 Å². The normalized spacial score (nSPS) is 35.8. The standard InChI is InChI=1S/C12H16N2O3/c1-5-6(2)12(4)8(10(14)16)7(9(13)15)11(5,3)17-12/h1-4H3,(H2,13,15)(H2,14,16). The zero-order chi connectivity index (χ0) is 13.2. The predicted octanol–water partition coefficient (Wildman–Crippen LogP) is 0.151. The van der Waals surface area contributed by atoms with Crippen molar-refractivity contribution in [2.75, 3.05) is 0 Å². The number of ether oxygens (including phenoxy) is 1. The van der Waals surface area contributed by atoms with Crippen LogP contribution in [-0.4, -0.2) is 23.0 Å². The summed E-state index contributed by atoms with van der Waals surface area (Å²) >= 11 is 0. The van der Waals surface area contributed by atoms with Gasteiger partial charge in [-0.15, -0.1) is 0 Å². The van der Waals surface area contributed by atoms with Crippen LogP contribution in [0, 0.1) is 0 Å². The number of fused-ring (bicyclic) bond motifs is 2. The second kappa shape index (κ2) is 2.98. The molecule has 2 atom stereocenters. The van der Waals surface area contributed by atoms with Crippen LogP contribution in [0.15, 0.2) is 22.3 Å². The Morgan fingerprint density at radius 2 is 1.24 bits per heavy atom. The summed E-state index contributed by atoms with van der Waals surface area (Å²) in [7, 11) is 0. The highest BCUT2D eigenvalue weighted by atomic mass is 16.5. The first-order valence-electron chi connectivity index (χ1n) is 5.39. The lowest BCUT2D eigenvalue weighted by Gasteiger charge is -2.25. The Balaban J connectivity index is 2.79. The number of hydrogen-bond acceptors (Lipinski definition) is 3. The first kappa shape index (κ1) is 11.9. The van der Waals surface area contributed by atoms with E-state index in [9.17, 15) is 9.59 Å². The molecule has 2 aliphatic heterocycles. The first-order chi connectivity index (χ1) is 7.66. The van der Waals surface area contributed by atoms with Crippen molar-refractivity contribution in [3.8, 4) is 0 Å². The second-order valence-electron chi connectivity index (χ2n) is 4.90. The number of rotatable bonds is 2. The van der Waals surface area contributed by atoms with Gasteiger partial charge in [0.25, 0.3) is 0 Å². The van der Waals surface area contributed by atoms with E-state index in [2.05, 4.69) is 0 Å². The third-order valence-corrected chi connectivity index (χ3v) is 4.10. The van der Waals surface area contributed by atoms with E-state index in [0.717, 1.165) is 11.1 Å². The van der Waals surface area contributed by atoms with Gasteiger partial charge in [-0.05, 0) is 38.8 Å². The lowest BCUT2D eigenvalue weighted by atomic mass is 9.74. The Bertz CT molecular complexity index is 474. The van der Waals surface area contributed by atoms with Gasteiger partial charge in [0.15, 0.2) is 0 Å². The molecule has 2 amide bonds. The van der Waals surface area contributed by atoms with E-state index in [4.69, 9.17) is 16.2 Å². The molecule has 0 aromatic carbocycles. The highest BCUT2D eigenvalue weighted by Crippen LogP contribution is 2.56. The van der Waals surface area contributed by atoms with Crippen molar-refractivity contribution in [3.05, 3.63) is 22.3 Å². The van der Waals surface area contributed by atoms with Crippen LogP contribution in [0.3, 0.4) is 0 Å². The topological polar surface area (TPSA) is 95.4 Å². The van der Waals surface area contributed by atoms with Crippen LogP contribution >= 0.6 is 0 Å². The van der Waals surface area contributed by atoms with Gasteiger partial charge in [-0.1, -0.05) is 0 Å². The average molecular weight is 236 g/mol. The highest BCUT2D eigenvalue weighted by Gasteiger charge is 2.61. The van der Waals surface area contributed by atoms with Crippen LogP contribution in [0.5, 0.6) is 0 Å². The molecule has 0 saturated carbocycles. The van der Waals surface area contributed by atoms with E-state index >= 15 is 0 Å². The molecule has 2 heterocycles. The third kappa shape index (κ3) is 1.12. The Hall–Kier alpha value is -1.62. The maximum Gasteiger partial charge on any atom is 0.248 e. The highest BCUT2D eigenvalue weighted by molar-refractivity contribution is 6.09. The quantitative estimate of drug-likeness (QED) is 0.668. The van der Waals surface area contributed by atoms with Crippen LogP contribution in [-0.2, 0) is 14.3 Å². The van der Waals surface area contributed by atoms with Crippen LogP contribution in [0.2, 0.25) is 0 Å². The van der Waals surface area contributed by atoms with Gasteiger partial charge < -0.3 is 16.2 Å². The van der Waals surface area contributed by atoms with Gasteiger partial charge >= 0.3 is 0 Å². The third-order valence-electron chi connectivity index (χ3n) is 4.10. The Morgan fingerprint density at radius 3 is 1.47 bits per heavy atom. The molecule has 0 spiro atoms. The Morgan fingerprint density at radius 1 is 0.941 bits per heavy atom. The van der Waals surface area contributed by atoms with Gasteiger partial charge in [0, 0.05) is 0 Å². The second-order valence-corrected chi connectivity index (χ2v) is 4.90. The fourth-order valence-electron chi connectivity index (χ4n) is 2.95. The van der Waals surface area contributed by atoms with Crippen molar-refractivity contribution in [1.29, 1.82) is 0 Å². The van der Waals surface area contributed by atoms with Gasteiger partial charge in [0.1, 0.15) is 11.2 Å². The fraction of sp³-hybridized carbons (Fsp3) is 0.500. The van der Waals surface area contributed by atoms with Gasteiger partial charge in [-0.25, -0.2) is 0 Å². The van der Waals surface area contributed by atoms with E-state index < -0.39 is 23.0 Å². The smallest absolute Gasteiger partial charge is 0.248 e. The molecule has 0 aliphatic carbocycles. The molecule has 92 valence electrons. The van der Waals surface area contributed by atoms with E-state index in [-0.39, 0.29) is 11.1 Å². The minimum absolute atomic E-state index is 0.190. The van der Waals surface area contributed by atoms with E-state index in [0.29, 0.717) is 0 Å². The van der Waals surface area contributed by atoms with Crippen LogP contribution in [0.4, 0.5) is 0 Å². The van der Waals surface area contributed by atoms with Crippen molar-refractivity contribution in [1.82, 2.24) is 0 Å². The summed E-state index contributed by atoms with van der Waals surface area (Å²) in [6.07, 6.45) is 0. The van der Waals surface area contributed by atoms with E-state index in [1.54, 1.807) is 13.8 Å². The maximum absolute atomic E-state index is 11.6. The minimum Gasteiger partial charge on any atom is -0.366 e. The van der Waals surface area contributed by atoms with Crippen molar-refractivity contribution in [2.45, 2.75) is 38.9 Å². The van der Waals surface area contributed by atoms with Crippen LogP contribution in [0.25, 0.3) is 0 Å². The predicted molar refractivity (Wildman–Crippen MR) is 61.7 cm³/mol. The molecule has 2 bridgehead atoms. The minimum atomic E-state index is -0.922. The summed E-state index contributed by atoms with van der Waals surface area (Å²) in [5.74, 6) is -1.31. The molecule has 0 saturated heterocycles. The van der Waals surface area contributed by atoms with E-state index in [1.807, 2.05) is 13.8 Å². The monoisotopic (exact) mass is 236 g/mol. The molecule has 0 radical (unpaired) electrons. The van der Waals surface area contributed by atoms with Crippen molar-refractivity contribution < 1.29 is 14.3 Å². The van der Waals surface area contributed by atoms with Crippen molar-refractivity contribution in [2.24, 2.45) is 11.5 Å². The summed E-state index contributed by atoms with van der Waals surface area (Å²) in [6.45, 7) is 7.24. The number of primary amides is 2. The zero-order valence-electron chi connectivity index (χ0n) is 10.4. The SMILES string of the molecule is CC1=C(C)C2(C)OC1(C)C(C(N)=O)=C2C(N)=O. The lowest BCUT2D eigenvalue weighted by molar-refractivity contribution is -0.117. The molecule has 0 aromatic rings. The molecule has 0 fully saturated rings. The molecular formula is C12H16N2O3. The van der Waals surface area contributed by atoms with Gasteiger partial charge in [0.05, 0.1) is 11.1 Å². The number of nitrogens with two attached hydrogens (primary N) is 2. The molecule has 4 N–H and O–H groups in total. The Kier molecular flexibility index (Phi) is 2.08. The van der Waals surface area contributed by atoms with Crippen molar-refractivity contribution >= 4 is 11.8 Å². The largest absolute Gasteiger partial charge is 0.366 e. The first-order valence-corrected chi connectivity index (χ1v) is 5.39. The van der Waals surface area contributed by atoms with E-state index in [1.165, 1.54) is 0 Å². The average Bonchev–Trinajstić information content (AvgIpc) is 2.54. The summed E-state index contributed by atoms with van der Waals surface area (Å²) in [6, 6.07) is 0. The molecular weight excluding hydrogens is 220 g/mol. The number of hydrogen-bond donors (Lipinski definition) is 2. The molecule has 5 nitrogen and oxygen atoms in total.